The molecule has 1 atom stereocenters. The second-order valence-corrected chi connectivity index (χ2v) is 6.12. The Morgan fingerprint density at radius 3 is 2.58 bits per heavy atom. The summed E-state index contributed by atoms with van der Waals surface area (Å²) in [4.78, 5) is 0. The molecule has 1 aliphatic rings. The van der Waals surface area contributed by atoms with Crippen molar-refractivity contribution in [1.82, 2.24) is 5.32 Å². The summed E-state index contributed by atoms with van der Waals surface area (Å²) in [6.07, 6.45) is 8.28. The Morgan fingerprint density at radius 2 is 1.89 bits per heavy atom. The first-order valence-corrected chi connectivity index (χ1v) is 8.03. The Balaban J connectivity index is 2.22. The lowest BCUT2D eigenvalue weighted by molar-refractivity contribution is 0.271. The fraction of sp³-hybridized carbons (Fsp3) is 0.667. The summed E-state index contributed by atoms with van der Waals surface area (Å²) >= 11 is 0. The van der Waals surface area contributed by atoms with Crippen LogP contribution in [0.5, 0.6) is 0 Å². The van der Waals surface area contributed by atoms with E-state index in [-0.39, 0.29) is 0 Å². The molecule has 1 fully saturated rings. The van der Waals surface area contributed by atoms with Crippen molar-refractivity contribution in [2.75, 3.05) is 6.54 Å². The largest absolute Gasteiger partial charge is 0.310 e. The molecule has 0 heterocycles. The Hall–Kier alpha value is -0.820. The van der Waals surface area contributed by atoms with Crippen LogP contribution in [0.15, 0.2) is 18.2 Å². The molecular weight excluding hydrogens is 230 g/mol. The Labute approximate surface area is 118 Å². The first-order chi connectivity index (χ1) is 9.24. The Morgan fingerprint density at radius 1 is 1.16 bits per heavy atom. The smallest absolute Gasteiger partial charge is 0.0351 e. The number of rotatable bonds is 5. The van der Waals surface area contributed by atoms with Crippen LogP contribution in [0.2, 0.25) is 0 Å². The van der Waals surface area contributed by atoms with Crippen LogP contribution in [0.3, 0.4) is 0 Å². The van der Waals surface area contributed by atoms with Crippen LogP contribution < -0.4 is 5.32 Å². The van der Waals surface area contributed by atoms with Crippen LogP contribution >= 0.6 is 0 Å². The fourth-order valence-corrected chi connectivity index (χ4v) is 3.41. The summed E-state index contributed by atoms with van der Waals surface area (Å²) in [5.74, 6) is 0.834. The average Bonchev–Trinajstić information content (AvgIpc) is 2.45. The molecule has 0 bridgehead atoms. The number of hydrogen-bond donors (Lipinski definition) is 1. The topological polar surface area (TPSA) is 12.0 Å². The number of hydrogen-bond acceptors (Lipinski definition) is 1. The van der Waals surface area contributed by atoms with Gasteiger partial charge in [0.25, 0.3) is 0 Å². The third-order valence-electron chi connectivity index (χ3n) is 4.72. The Kier molecular flexibility index (Phi) is 5.45. The second-order valence-electron chi connectivity index (χ2n) is 6.12. The molecule has 0 radical (unpaired) electrons. The van der Waals surface area contributed by atoms with Crippen molar-refractivity contribution in [2.45, 2.75) is 65.3 Å². The zero-order valence-corrected chi connectivity index (χ0v) is 12.8. The van der Waals surface area contributed by atoms with Gasteiger partial charge in [-0.15, -0.1) is 0 Å². The van der Waals surface area contributed by atoms with Crippen molar-refractivity contribution in [1.29, 1.82) is 0 Å². The highest BCUT2D eigenvalue weighted by molar-refractivity contribution is 5.35. The molecule has 1 aliphatic carbocycles. The van der Waals surface area contributed by atoms with Crippen LogP contribution in [0, 0.1) is 19.8 Å². The predicted octanol–water partition coefficient (Wildman–Crippen LogP) is 4.92. The Bertz CT molecular complexity index is 391. The third kappa shape index (κ3) is 3.60. The van der Waals surface area contributed by atoms with Gasteiger partial charge in [0.1, 0.15) is 0 Å². The van der Waals surface area contributed by atoms with E-state index in [0.717, 1.165) is 12.5 Å². The molecule has 1 unspecified atom stereocenters. The van der Waals surface area contributed by atoms with Crippen LogP contribution in [-0.4, -0.2) is 6.54 Å². The first kappa shape index (κ1) is 14.6. The number of aryl methyl sites for hydroxylation is 1. The molecular formula is C18H29N. The lowest BCUT2D eigenvalue weighted by Crippen LogP contribution is -2.31. The van der Waals surface area contributed by atoms with Crippen LogP contribution in [0.4, 0.5) is 0 Å². The second kappa shape index (κ2) is 7.09. The van der Waals surface area contributed by atoms with Gasteiger partial charge in [0, 0.05) is 6.04 Å². The highest BCUT2D eigenvalue weighted by Gasteiger charge is 2.25. The van der Waals surface area contributed by atoms with Crippen molar-refractivity contribution >= 4 is 0 Å². The van der Waals surface area contributed by atoms with Gasteiger partial charge in [0.15, 0.2) is 0 Å². The van der Waals surface area contributed by atoms with Gasteiger partial charge >= 0.3 is 0 Å². The van der Waals surface area contributed by atoms with Gasteiger partial charge in [-0.25, -0.2) is 0 Å². The van der Waals surface area contributed by atoms with E-state index in [1.54, 1.807) is 5.56 Å². The third-order valence-corrected chi connectivity index (χ3v) is 4.72. The van der Waals surface area contributed by atoms with Gasteiger partial charge in [-0.05, 0) is 62.3 Å². The maximum absolute atomic E-state index is 3.82. The monoisotopic (exact) mass is 259 g/mol. The van der Waals surface area contributed by atoms with Crippen LogP contribution in [0.25, 0.3) is 0 Å². The van der Waals surface area contributed by atoms with Crippen molar-refractivity contribution in [3.8, 4) is 0 Å². The minimum absolute atomic E-state index is 0.570. The molecule has 1 aromatic rings. The van der Waals surface area contributed by atoms with Crippen molar-refractivity contribution in [3.05, 3.63) is 34.9 Å². The molecule has 0 aliphatic heterocycles. The standard InChI is InChI=1S/C18H29N/c1-4-13-19-18(16-10-6-5-7-11-16)17-12-8-9-14(2)15(17)3/h8-9,12,16,18-19H,4-7,10-11,13H2,1-3H3. The van der Waals surface area contributed by atoms with E-state index in [1.165, 1.54) is 49.7 Å². The molecule has 0 aromatic heterocycles. The lowest BCUT2D eigenvalue weighted by atomic mass is 9.79. The quantitative estimate of drug-likeness (QED) is 0.791. The number of benzene rings is 1. The molecule has 106 valence electrons. The normalized spacial score (nSPS) is 18.5. The highest BCUT2D eigenvalue weighted by Crippen LogP contribution is 2.36. The van der Waals surface area contributed by atoms with E-state index in [9.17, 15) is 0 Å². The van der Waals surface area contributed by atoms with Gasteiger partial charge in [0.2, 0.25) is 0 Å². The van der Waals surface area contributed by atoms with Gasteiger partial charge in [-0.2, -0.15) is 0 Å². The number of nitrogens with one attached hydrogen (secondary N) is 1. The minimum Gasteiger partial charge on any atom is -0.310 e. The molecule has 1 N–H and O–H groups in total. The van der Waals surface area contributed by atoms with Crippen LogP contribution in [-0.2, 0) is 0 Å². The molecule has 1 heteroatoms. The van der Waals surface area contributed by atoms with Crippen LogP contribution in [0.1, 0.15) is 68.2 Å². The summed E-state index contributed by atoms with van der Waals surface area (Å²) in [5, 5.41) is 3.82. The highest BCUT2D eigenvalue weighted by atomic mass is 14.9. The van der Waals surface area contributed by atoms with E-state index in [0.29, 0.717) is 6.04 Å². The molecule has 2 rings (SSSR count). The van der Waals surface area contributed by atoms with Gasteiger partial charge in [-0.1, -0.05) is 44.4 Å². The lowest BCUT2D eigenvalue weighted by Gasteiger charge is -2.32. The summed E-state index contributed by atoms with van der Waals surface area (Å²) in [6, 6.07) is 7.36. The van der Waals surface area contributed by atoms with Gasteiger partial charge in [-0.3, -0.25) is 0 Å². The fourth-order valence-electron chi connectivity index (χ4n) is 3.41. The maximum Gasteiger partial charge on any atom is 0.0351 e. The van der Waals surface area contributed by atoms with E-state index >= 15 is 0 Å². The SMILES string of the molecule is CCCNC(c1cccc(C)c1C)C1CCCCC1. The molecule has 1 saturated carbocycles. The average molecular weight is 259 g/mol. The zero-order valence-electron chi connectivity index (χ0n) is 12.8. The molecule has 0 amide bonds. The first-order valence-electron chi connectivity index (χ1n) is 8.03. The van der Waals surface area contributed by atoms with Crippen molar-refractivity contribution in [3.63, 3.8) is 0 Å². The molecule has 0 saturated heterocycles. The van der Waals surface area contributed by atoms with E-state index < -0.39 is 0 Å². The molecule has 1 nitrogen and oxygen atoms in total. The van der Waals surface area contributed by atoms with Gasteiger partial charge < -0.3 is 5.32 Å². The minimum atomic E-state index is 0.570. The maximum atomic E-state index is 3.82. The summed E-state index contributed by atoms with van der Waals surface area (Å²) < 4.78 is 0. The van der Waals surface area contributed by atoms with E-state index in [1.807, 2.05) is 0 Å². The van der Waals surface area contributed by atoms with Crippen molar-refractivity contribution in [2.24, 2.45) is 5.92 Å². The van der Waals surface area contributed by atoms with E-state index in [4.69, 9.17) is 0 Å². The predicted molar refractivity (Wildman–Crippen MR) is 83.5 cm³/mol. The van der Waals surface area contributed by atoms with Gasteiger partial charge in [0.05, 0.1) is 0 Å². The molecule has 1 aromatic carbocycles. The molecule has 0 spiro atoms. The summed E-state index contributed by atoms with van der Waals surface area (Å²) in [6.45, 7) is 7.91. The molecule has 19 heavy (non-hydrogen) atoms. The van der Waals surface area contributed by atoms with E-state index in [2.05, 4.69) is 44.3 Å². The summed E-state index contributed by atoms with van der Waals surface area (Å²) in [7, 11) is 0. The van der Waals surface area contributed by atoms with Crippen molar-refractivity contribution < 1.29 is 0 Å². The summed E-state index contributed by atoms with van der Waals surface area (Å²) in [5.41, 5.74) is 4.46. The zero-order chi connectivity index (χ0) is 13.7.